The number of hydrogen-bond acceptors (Lipinski definition) is 4. The average molecular weight is 379 g/mol. The van der Waals surface area contributed by atoms with E-state index in [0.29, 0.717) is 10.4 Å². The standard InChI is InChI=1S/C18H18FNO3S2/c1-18(21,17-10-14-6-2-3-8-16(14)24-17)12-20-25(22,23)11-13-5-4-7-15(19)9-13/h2-10,20-21H,11-12H2,1H3. The summed E-state index contributed by atoms with van der Waals surface area (Å²) < 4.78 is 41.1. The number of sulfonamides is 1. The molecule has 3 aromatic rings. The van der Waals surface area contributed by atoms with Crippen molar-refractivity contribution in [2.24, 2.45) is 0 Å². The number of nitrogens with one attached hydrogen (secondary N) is 1. The number of benzene rings is 2. The largest absolute Gasteiger partial charge is 0.383 e. The molecule has 0 aliphatic rings. The Morgan fingerprint density at radius 1 is 1.16 bits per heavy atom. The van der Waals surface area contributed by atoms with Crippen LogP contribution in [0.15, 0.2) is 54.6 Å². The van der Waals surface area contributed by atoms with E-state index in [1.54, 1.807) is 13.0 Å². The second-order valence-electron chi connectivity index (χ2n) is 6.13. The van der Waals surface area contributed by atoms with E-state index in [0.717, 1.165) is 10.1 Å². The monoisotopic (exact) mass is 379 g/mol. The molecule has 0 radical (unpaired) electrons. The molecule has 1 unspecified atom stereocenters. The molecule has 0 aliphatic heterocycles. The summed E-state index contributed by atoms with van der Waals surface area (Å²) in [6.45, 7) is 1.42. The Morgan fingerprint density at radius 3 is 2.64 bits per heavy atom. The Kier molecular flexibility index (Phi) is 4.92. The van der Waals surface area contributed by atoms with E-state index < -0.39 is 21.4 Å². The van der Waals surface area contributed by atoms with Crippen LogP contribution in [0, 0.1) is 5.82 Å². The van der Waals surface area contributed by atoms with Crippen LogP contribution in [0.4, 0.5) is 4.39 Å². The van der Waals surface area contributed by atoms with E-state index in [9.17, 15) is 17.9 Å². The predicted octanol–water partition coefficient (Wildman–Crippen LogP) is 3.37. The lowest BCUT2D eigenvalue weighted by molar-refractivity contribution is 0.0666. The van der Waals surface area contributed by atoms with Gasteiger partial charge in [-0.2, -0.15) is 0 Å². The lowest BCUT2D eigenvalue weighted by Gasteiger charge is -2.22. The summed E-state index contributed by atoms with van der Waals surface area (Å²) in [6, 6.07) is 15.0. The van der Waals surface area contributed by atoms with Gasteiger partial charge in [-0.05, 0) is 42.1 Å². The van der Waals surface area contributed by atoms with E-state index in [-0.39, 0.29) is 12.3 Å². The molecule has 0 saturated carbocycles. The third kappa shape index (κ3) is 4.43. The minimum Gasteiger partial charge on any atom is -0.383 e. The van der Waals surface area contributed by atoms with Crippen molar-refractivity contribution in [1.82, 2.24) is 4.72 Å². The highest BCUT2D eigenvalue weighted by atomic mass is 32.2. The van der Waals surface area contributed by atoms with Gasteiger partial charge >= 0.3 is 0 Å². The van der Waals surface area contributed by atoms with Gasteiger partial charge in [0.25, 0.3) is 0 Å². The third-order valence-electron chi connectivity index (χ3n) is 3.84. The van der Waals surface area contributed by atoms with Gasteiger partial charge in [0.2, 0.25) is 10.0 Å². The maximum atomic E-state index is 13.2. The molecular weight excluding hydrogens is 361 g/mol. The molecule has 1 aromatic heterocycles. The van der Waals surface area contributed by atoms with Crippen molar-refractivity contribution in [3.05, 3.63) is 70.9 Å². The van der Waals surface area contributed by atoms with Gasteiger partial charge < -0.3 is 5.11 Å². The molecule has 1 heterocycles. The lowest BCUT2D eigenvalue weighted by atomic mass is 10.1. The van der Waals surface area contributed by atoms with Crippen LogP contribution in [0.2, 0.25) is 0 Å². The summed E-state index contributed by atoms with van der Waals surface area (Å²) in [5.41, 5.74) is -0.979. The number of hydrogen-bond donors (Lipinski definition) is 2. The molecule has 0 aliphatic carbocycles. The SMILES string of the molecule is CC(O)(CNS(=O)(=O)Cc1cccc(F)c1)c1cc2ccccc2s1. The Balaban J connectivity index is 1.72. The van der Waals surface area contributed by atoms with E-state index in [4.69, 9.17) is 0 Å². The van der Waals surface area contributed by atoms with Gasteiger partial charge in [0.1, 0.15) is 11.4 Å². The molecule has 0 saturated heterocycles. The molecule has 0 fully saturated rings. The Hall–Kier alpha value is -1.80. The van der Waals surface area contributed by atoms with Crippen LogP contribution in [0.25, 0.3) is 10.1 Å². The zero-order valence-corrected chi connectivity index (χ0v) is 15.2. The highest BCUT2D eigenvalue weighted by Gasteiger charge is 2.27. The van der Waals surface area contributed by atoms with Crippen LogP contribution in [0.5, 0.6) is 0 Å². The van der Waals surface area contributed by atoms with Gasteiger partial charge in [-0.3, -0.25) is 0 Å². The van der Waals surface area contributed by atoms with Gasteiger partial charge in [-0.25, -0.2) is 17.5 Å². The smallest absolute Gasteiger partial charge is 0.215 e. The van der Waals surface area contributed by atoms with Crippen molar-refractivity contribution in [3.8, 4) is 0 Å². The fourth-order valence-electron chi connectivity index (χ4n) is 2.48. The van der Waals surface area contributed by atoms with E-state index in [1.165, 1.54) is 29.5 Å². The van der Waals surface area contributed by atoms with Gasteiger partial charge in [-0.1, -0.05) is 30.3 Å². The molecule has 0 bridgehead atoms. The minimum atomic E-state index is -3.69. The van der Waals surface area contributed by atoms with E-state index in [2.05, 4.69) is 4.72 Å². The zero-order valence-electron chi connectivity index (χ0n) is 13.6. The van der Waals surface area contributed by atoms with Crippen LogP contribution < -0.4 is 4.72 Å². The molecule has 132 valence electrons. The summed E-state index contributed by atoms with van der Waals surface area (Å²) in [4.78, 5) is 0.683. The summed E-state index contributed by atoms with van der Waals surface area (Å²) in [6.07, 6.45) is 0. The summed E-state index contributed by atoms with van der Waals surface area (Å²) in [5, 5.41) is 11.7. The first-order valence-electron chi connectivity index (χ1n) is 7.68. The fourth-order valence-corrected chi connectivity index (χ4v) is 4.81. The van der Waals surface area contributed by atoms with Crippen LogP contribution in [-0.4, -0.2) is 20.1 Å². The second-order valence-corrected chi connectivity index (χ2v) is 9.02. The van der Waals surface area contributed by atoms with Crippen molar-refractivity contribution >= 4 is 31.4 Å². The lowest BCUT2D eigenvalue weighted by Crippen LogP contribution is -2.38. The number of halogens is 1. The van der Waals surface area contributed by atoms with Crippen LogP contribution in [0.3, 0.4) is 0 Å². The van der Waals surface area contributed by atoms with Gasteiger partial charge in [0, 0.05) is 16.1 Å². The Labute approximate surface area is 150 Å². The molecule has 2 N–H and O–H groups in total. The van der Waals surface area contributed by atoms with Crippen molar-refractivity contribution in [2.75, 3.05) is 6.54 Å². The number of thiophene rings is 1. The number of rotatable bonds is 6. The minimum absolute atomic E-state index is 0.155. The molecule has 0 amide bonds. The maximum Gasteiger partial charge on any atom is 0.215 e. The van der Waals surface area contributed by atoms with Crippen LogP contribution in [-0.2, 0) is 21.4 Å². The normalized spacial score (nSPS) is 14.5. The van der Waals surface area contributed by atoms with Gasteiger partial charge in [0.05, 0.1) is 5.75 Å². The summed E-state index contributed by atoms with van der Waals surface area (Å²) >= 11 is 1.43. The third-order valence-corrected chi connectivity index (χ3v) is 6.51. The van der Waals surface area contributed by atoms with Gasteiger partial charge in [-0.15, -0.1) is 11.3 Å². The molecule has 3 rings (SSSR count). The number of fused-ring (bicyclic) bond motifs is 1. The first kappa shape index (κ1) is 18.0. The van der Waals surface area contributed by atoms with E-state index in [1.807, 2.05) is 30.3 Å². The topological polar surface area (TPSA) is 66.4 Å². The molecule has 4 nitrogen and oxygen atoms in total. The van der Waals surface area contributed by atoms with Crippen molar-refractivity contribution in [1.29, 1.82) is 0 Å². The molecular formula is C18H18FNO3S2. The van der Waals surface area contributed by atoms with E-state index >= 15 is 0 Å². The highest BCUT2D eigenvalue weighted by Crippen LogP contribution is 2.32. The zero-order chi connectivity index (χ0) is 18.1. The first-order valence-corrected chi connectivity index (χ1v) is 10.2. The molecule has 7 heteroatoms. The molecule has 1 atom stereocenters. The molecule has 25 heavy (non-hydrogen) atoms. The Morgan fingerprint density at radius 2 is 1.92 bits per heavy atom. The first-order chi connectivity index (χ1) is 11.8. The quantitative estimate of drug-likeness (QED) is 0.690. The number of aliphatic hydroxyl groups is 1. The van der Waals surface area contributed by atoms with Crippen molar-refractivity contribution in [3.63, 3.8) is 0 Å². The maximum absolute atomic E-state index is 13.2. The summed E-state index contributed by atoms with van der Waals surface area (Å²) in [5.74, 6) is -0.822. The average Bonchev–Trinajstić information content (AvgIpc) is 2.98. The highest BCUT2D eigenvalue weighted by molar-refractivity contribution is 7.88. The molecule has 0 spiro atoms. The predicted molar refractivity (Wildman–Crippen MR) is 98.4 cm³/mol. The van der Waals surface area contributed by atoms with Gasteiger partial charge in [0.15, 0.2) is 0 Å². The van der Waals surface area contributed by atoms with Crippen LogP contribution >= 0.6 is 11.3 Å². The molecule has 2 aromatic carbocycles. The van der Waals surface area contributed by atoms with Crippen molar-refractivity contribution < 1.29 is 17.9 Å². The second kappa shape index (κ2) is 6.84. The van der Waals surface area contributed by atoms with Crippen molar-refractivity contribution in [2.45, 2.75) is 18.3 Å². The van der Waals surface area contributed by atoms with Crippen LogP contribution in [0.1, 0.15) is 17.4 Å². The Bertz CT molecular complexity index is 963. The summed E-state index contributed by atoms with van der Waals surface area (Å²) in [7, 11) is -3.69. The fraction of sp³-hybridized carbons (Fsp3) is 0.222.